The lowest BCUT2D eigenvalue weighted by molar-refractivity contribution is -0.114. The molecular weight excluding hydrogens is 575 g/mol. The molecule has 17 heavy (non-hydrogen) atoms. The van der Waals surface area contributed by atoms with Gasteiger partial charge in [-0.15, -0.1) is 11.3 Å². The summed E-state index contributed by atoms with van der Waals surface area (Å²) < 4.78 is 0. The van der Waals surface area contributed by atoms with Gasteiger partial charge in [-0.2, -0.15) is 0 Å². The number of carbonyl (C=O) groups is 1. The number of aromatic nitrogens is 1. The average molecular weight is 587 g/mol. The fourth-order valence-corrected chi connectivity index (χ4v) is 1.04. The number of nitrogen functional groups attached to an aromatic ring is 1. The fourth-order valence-electron chi connectivity index (χ4n) is 0.429. The summed E-state index contributed by atoms with van der Waals surface area (Å²) in [4.78, 5) is 14.7. The molecule has 3 nitrogen and oxygen atoms in total. The lowest BCUT2D eigenvalue weighted by atomic mass is 9.92. The van der Waals surface area contributed by atoms with Crippen LogP contribution in [-0.4, -0.2) is 26.4 Å². The van der Waals surface area contributed by atoms with E-state index in [0.29, 0.717) is 10.7 Å². The van der Waals surface area contributed by atoms with Gasteiger partial charge in [0.05, 0.1) is 5.68 Å². The Morgan fingerprint density at radius 3 is 1.88 bits per heavy atom. The maximum Gasteiger partial charge on any atom is 0.179 e. The molecule has 1 aromatic heterocycles. The van der Waals surface area contributed by atoms with Gasteiger partial charge in [-0.05, 0) is 6.92 Å². The third-order valence-corrected chi connectivity index (χ3v) is 2.23. The maximum absolute atomic E-state index is 9.92. The van der Waals surface area contributed by atoms with Crippen molar-refractivity contribution in [1.29, 1.82) is 0 Å². The Kier molecular flexibility index (Phi) is 19.1. The van der Waals surface area contributed by atoms with Gasteiger partial charge in [0, 0.05) is 53.6 Å². The van der Waals surface area contributed by atoms with E-state index in [-0.39, 0.29) is 35.6 Å². The van der Waals surface area contributed by atoms with Gasteiger partial charge in [-0.1, -0.05) is 13.8 Å². The third kappa shape index (κ3) is 13.6. The summed E-state index contributed by atoms with van der Waals surface area (Å²) >= 11 is 5.65. The minimum absolute atomic E-state index is 0. The lowest BCUT2D eigenvalue weighted by Gasteiger charge is -1.91. The van der Waals surface area contributed by atoms with Gasteiger partial charge in [0.2, 0.25) is 0 Å². The van der Waals surface area contributed by atoms with Crippen molar-refractivity contribution < 1.29 is 28.8 Å². The molecule has 0 aliphatic heterocycles. The zero-order valence-corrected chi connectivity index (χ0v) is 17.0. The lowest BCUT2D eigenvalue weighted by Crippen LogP contribution is -3.00. The molecule has 4 radical (unpaired) electrons. The highest BCUT2D eigenvalue weighted by Crippen LogP contribution is 2.08. The molecule has 0 unspecified atom stereocenters. The summed E-state index contributed by atoms with van der Waals surface area (Å²) in [6.07, 6.45) is 0. The molecule has 0 spiro atoms. The Hall–Kier alpha value is 1.42. The number of hydrogen-bond donors (Lipinski definition) is 1. The SMILES string of the molecule is II.[B]C(=O)C(C)C.[B]c1nc(N)sc1C.[I-]. The van der Waals surface area contributed by atoms with E-state index in [1.807, 2.05) is 6.92 Å². The summed E-state index contributed by atoms with van der Waals surface area (Å²) in [6, 6.07) is 0. The highest BCUT2D eigenvalue weighted by atomic mass is 128. The molecule has 0 saturated carbocycles. The van der Waals surface area contributed by atoms with Crippen LogP contribution in [0.4, 0.5) is 5.13 Å². The van der Waals surface area contributed by atoms with Crippen LogP contribution in [-0.2, 0) is 4.79 Å². The molecular formula is C8H12B2I3N2OS-. The summed E-state index contributed by atoms with van der Waals surface area (Å²) in [5, 5.41) is 0.542. The molecule has 1 rings (SSSR count). The van der Waals surface area contributed by atoms with Crippen LogP contribution in [0.2, 0.25) is 0 Å². The highest BCUT2D eigenvalue weighted by Gasteiger charge is 1.96. The molecule has 94 valence electrons. The Balaban J connectivity index is -0.000000197. The van der Waals surface area contributed by atoms with Crippen LogP contribution in [0.1, 0.15) is 18.7 Å². The van der Waals surface area contributed by atoms with Crippen molar-refractivity contribution in [2.45, 2.75) is 20.8 Å². The predicted octanol–water partition coefficient (Wildman–Crippen LogP) is -1.06. The van der Waals surface area contributed by atoms with Gasteiger partial charge >= 0.3 is 0 Å². The largest absolute Gasteiger partial charge is 1.00 e. The normalized spacial score (nSPS) is 8.12. The van der Waals surface area contributed by atoms with E-state index in [9.17, 15) is 4.79 Å². The second-order valence-corrected chi connectivity index (χ2v) is 4.29. The van der Waals surface area contributed by atoms with Gasteiger partial charge in [-0.3, -0.25) is 0 Å². The minimum atomic E-state index is -0.241. The van der Waals surface area contributed by atoms with Gasteiger partial charge in [-0.25, -0.2) is 4.98 Å². The summed E-state index contributed by atoms with van der Waals surface area (Å²) in [5.41, 5.74) is 5.61. The Morgan fingerprint density at radius 2 is 1.82 bits per heavy atom. The number of rotatable bonds is 1. The fraction of sp³-hybridized carbons (Fsp3) is 0.500. The van der Waals surface area contributed by atoms with Crippen LogP contribution < -0.4 is 35.3 Å². The van der Waals surface area contributed by atoms with Gasteiger partial charge in [0.15, 0.2) is 13.0 Å². The van der Waals surface area contributed by atoms with Crippen molar-refractivity contribution in [2.24, 2.45) is 5.92 Å². The van der Waals surface area contributed by atoms with E-state index in [1.165, 1.54) is 11.3 Å². The number of halogens is 3. The number of aryl methyl sites for hydroxylation is 1. The van der Waals surface area contributed by atoms with E-state index in [2.05, 4.69) is 42.2 Å². The number of nitrogens with zero attached hydrogens (tertiary/aromatic N) is 1. The standard InChI is InChI=1S/C4H5BN2S.C4H7BO.I2.HI/c1-2-3(5)7-4(6)8-2;1-3(2)4(5)6;1-2;/h1H3,(H2,6,7);3H,1-2H3;;1H/p-1. The second kappa shape index (κ2) is 13.8. The maximum atomic E-state index is 9.92. The zero-order valence-electron chi connectivity index (χ0n) is 9.71. The number of carbonyl (C=O) groups excluding carboxylic acids is 1. The number of nitrogens with two attached hydrogens (primary N) is 1. The molecule has 1 heterocycles. The molecule has 0 fully saturated rings. The molecule has 0 aromatic carbocycles. The van der Waals surface area contributed by atoms with E-state index in [4.69, 9.17) is 21.4 Å². The van der Waals surface area contributed by atoms with Gasteiger partial charge < -0.3 is 34.5 Å². The van der Waals surface area contributed by atoms with E-state index < -0.39 is 0 Å². The zero-order chi connectivity index (χ0) is 13.3. The quantitative estimate of drug-likeness (QED) is 0.338. The average Bonchev–Trinajstić information content (AvgIpc) is 2.48. The molecule has 0 saturated heterocycles. The van der Waals surface area contributed by atoms with Crippen LogP contribution in [0.3, 0.4) is 0 Å². The molecule has 0 aliphatic carbocycles. The Bertz CT molecular complexity index is 304. The molecule has 1 aromatic rings. The minimum Gasteiger partial charge on any atom is -1.00 e. The van der Waals surface area contributed by atoms with Crippen molar-refractivity contribution in [1.82, 2.24) is 4.98 Å². The number of hydrogen-bond acceptors (Lipinski definition) is 4. The Morgan fingerprint density at radius 1 is 1.47 bits per heavy atom. The predicted molar refractivity (Wildman–Crippen MR) is 90.3 cm³/mol. The molecule has 0 amide bonds. The van der Waals surface area contributed by atoms with Crippen molar-refractivity contribution in [3.63, 3.8) is 0 Å². The van der Waals surface area contributed by atoms with Gasteiger partial charge in [0.1, 0.15) is 7.85 Å². The van der Waals surface area contributed by atoms with Crippen LogP contribution in [0, 0.1) is 12.8 Å². The summed E-state index contributed by atoms with van der Waals surface area (Å²) in [5.74, 6) is -0.00926. The van der Waals surface area contributed by atoms with Crippen LogP contribution in [0.25, 0.3) is 0 Å². The molecule has 9 heteroatoms. The van der Waals surface area contributed by atoms with E-state index in [0.717, 1.165) is 4.88 Å². The Labute approximate surface area is 150 Å². The second-order valence-electron chi connectivity index (χ2n) is 3.05. The van der Waals surface area contributed by atoms with Crippen molar-refractivity contribution in [3.8, 4) is 0 Å². The van der Waals surface area contributed by atoms with Crippen molar-refractivity contribution in [3.05, 3.63) is 4.88 Å². The topological polar surface area (TPSA) is 56.0 Å². The van der Waals surface area contributed by atoms with Crippen LogP contribution in [0.5, 0.6) is 0 Å². The van der Waals surface area contributed by atoms with Crippen molar-refractivity contribution in [2.75, 3.05) is 5.73 Å². The molecule has 2 N–H and O–H groups in total. The number of thiazole rings is 1. The first kappa shape index (κ1) is 23.5. The summed E-state index contributed by atoms with van der Waals surface area (Å²) in [6.45, 7) is 5.42. The smallest absolute Gasteiger partial charge is 0.179 e. The van der Waals surface area contributed by atoms with E-state index >= 15 is 0 Å². The third-order valence-electron chi connectivity index (χ3n) is 1.42. The number of anilines is 1. The van der Waals surface area contributed by atoms with Crippen LogP contribution in [0.15, 0.2) is 0 Å². The first-order valence-corrected chi connectivity index (χ1v) is 11.4. The summed E-state index contributed by atoms with van der Waals surface area (Å²) in [7, 11) is 10.2. The first-order chi connectivity index (χ1) is 7.34. The van der Waals surface area contributed by atoms with Gasteiger partial charge in [0.25, 0.3) is 0 Å². The molecule has 0 aliphatic rings. The first-order valence-electron chi connectivity index (χ1n) is 4.26. The molecule has 0 atom stereocenters. The highest BCUT2D eigenvalue weighted by molar-refractivity contribution is 15.0. The molecule has 0 bridgehead atoms. The van der Waals surface area contributed by atoms with Crippen LogP contribution >= 0.6 is 48.6 Å². The monoisotopic (exact) mass is 587 g/mol. The van der Waals surface area contributed by atoms with E-state index in [1.54, 1.807) is 13.8 Å². The van der Waals surface area contributed by atoms with Crippen molar-refractivity contribution >= 4 is 80.7 Å².